The minimum absolute atomic E-state index is 0.130. The van der Waals surface area contributed by atoms with Gasteiger partial charge in [0.15, 0.2) is 0 Å². The number of aryl methyl sites for hydroxylation is 1. The van der Waals surface area contributed by atoms with Crippen LogP contribution in [0, 0.1) is 27.2 Å². The predicted octanol–water partition coefficient (Wildman–Crippen LogP) is 4.10. The molecule has 0 aliphatic rings. The Balaban J connectivity index is 2.26. The predicted molar refractivity (Wildman–Crippen MR) is 89.5 cm³/mol. The Morgan fingerprint density at radius 1 is 1.00 bits per heavy atom. The van der Waals surface area contributed by atoms with Gasteiger partial charge in [-0.3, -0.25) is 25.2 Å². The molecule has 0 saturated carbocycles. The second-order valence-electron chi connectivity index (χ2n) is 5.19. The van der Waals surface area contributed by atoms with Crippen molar-refractivity contribution in [2.24, 2.45) is 0 Å². The number of hydrogen-bond donors (Lipinski definition) is 1. The number of rotatable bonds is 4. The molecule has 0 bridgehead atoms. The molecule has 0 unspecified atom stereocenters. The van der Waals surface area contributed by atoms with E-state index in [1.54, 1.807) is 18.2 Å². The maximum absolute atomic E-state index is 11.4. The minimum atomic E-state index is -0.655. The molecule has 1 aromatic heterocycles. The van der Waals surface area contributed by atoms with Crippen molar-refractivity contribution in [1.82, 2.24) is 4.98 Å². The van der Waals surface area contributed by atoms with E-state index in [4.69, 9.17) is 0 Å². The standard InChI is InChI=1S/C16H12N4O4/c1-10-4-6-11(7-5-10)18-16-14(20(23)24)9-13(19(21)22)12-3-2-8-17-15(12)16/h2-9,18H,1H3. The highest BCUT2D eigenvalue weighted by molar-refractivity contribution is 6.02. The number of nitro benzene ring substituents is 2. The summed E-state index contributed by atoms with van der Waals surface area (Å²) < 4.78 is 0. The van der Waals surface area contributed by atoms with Crippen molar-refractivity contribution >= 4 is 33.7 Å². The number of non-ortho nitro benzene ring substituents is 1. The molecule has 2 aromatic carbocycles. The van der Waals surface area contributed by atoms with Crippen molar-refractivity contribution in [3.8, 4) is 0 Å². The van der Waals surface area contributed by atoms with Crippen molar-refractivity contribution in [3.05, 3.63) is 74.5 Å². The molecular formula is C16H12N4O4. The molecule has 24 heavy (non-hydrogen) atoms. The van der Waals surface area contributed by atoms with Crippen molar-refractivity contribution in [2.45, 2.75) is 6.92 Å². The highest BCUT2D eigenvalue weighted by Gasteiger charge is 2.26. The van der Waals surface area contributed by atoms with Gasteiger partial charge in [0.25, 0.3) is 5.69 Å². The number of benzene rings is 2. The van der Waals surface area contributed by atoms with E-state index in [9.17, 15) is 20.2 Å². The van der Waals surface area contributed by atoms with Crippen LogP contribution in [0.3, 0.4) is 0 Å². The third-order valence-corrected chi connectivity index (χ3v) is 3.56. The van der Waals surface area contributed by atoms with Gasteiger partial charge in [-0.2, -0.15) is 0 Å². The molecule has 0 spiro atoms. The van der Waals surface area contributed by atoms with Gasteiger partial charge in [-0.05, 0) is 31.2 Å². The number of nitro groups is 2. The Kier molecular flexibility index (Phi) is 3.78. The van der Waals surface area contributed by atoms with Gasteiger partial charge in [0.2, 0.25) is 0 Å². The number of hydrogen-bond acceptors (Lipinski definition) is 6. The fourth-order valence-electron chi connectivity index (χ4n) is 2.41. The average Bonchev–Trinajstić information content (AvgIpc) is 2.56. The molecule has 0 fully saturated rings. The first-order valence-electron chi connectivity index (χ1n) is 7.01. The molecule has 120 valence electrons. The van der Waals surface area contributed by atoms with Crippen molar-refractivity contribution in [2.75, 3.05) is 5.32 Å². The summed E-state index contributed by atoms with van der Waals surface area (Å²) in [6.45, 7) is 1.93. The Labute approximate surface area is 136 Å². The van der Waals surface area contributed by atoms with Crippen LogP contribution in [0.1, 0.15) is 5.56 Å². The van der Waals surface area contributed by atoms with E-state index in [0.29, 0.717) is 5.69 Å². The van der Waals surface area contributed by atoms with E-state index in [0.717, 1.165) is 11.6 Å². The first kappa shape index (κ1) is 15.3. The first-order valence-corrected chi connectivity index (χ1v) is 7.01. The van der Waals surface area contributed by atoms with Crippen LogP contribution in [0.4, 0.5) is 22.7 Å². The minimum Gasteiger partial charge on any atom is -0.348 e. The lowest BCUT2D eigenvalue weighted by molar-refractivity contribution is -0.392. The van der Waals surface area contributed by atoms with Crippen LogP contribution in [0.15, 0.2) is 48.7 Å². The van der Waals surface area contributed by atoms with E-state index in [2.05, 4.69) is 10.3 Å². The summed E-state index contributed by atoms with van der Waals surface area (Å²) in [6, 6.07) is 11.3. The molecule has 0 radical (unpaired) electrons. The molecule has 1 heterocycles. The summed E-state index contributed by atoms with van der Waals surface area (Å²) in [5.74, 6) is 0. The Bertz CT molecular complexity index is 954. The van der Waals surface area contributed by atoms with Crippen LogP contribution in [-0.2, 0) is 0 Å². The van der Waals surface area contributed by atoms with E-state index < -0.39 is 15.5 Å². The number of nitrogens with one attached hydrogen (secondary N) is 1. The summed E-state index contributed by atoms with van der Waals surface area (Å²) in [4.78, 5) is 25.4. The van der Waals surface area contributed by atoms with Crippen LogP contribution >= 0.6 is 0 Å². The number of aromatic nitrogens is 1. The molecule has 0 atom stereocenters. The van der Waals surface area contributed by atoms with Crippen LogP contribution in [0.5, 0.6) is 0 Å². The quantitative estimate of drug-likeness (QED) is 0.571. The average molecular weight is 324 g/mol. The molecule has 0 saturated heterocycles. The molecule has 3 rings (SSSR count). The fourth-order valence-corrected chi connectivity index (χ4v) is 2.41. The Morgan fingerprint density at radius 2 is 1.67 bits per heavy atom. The van der Waals surface area contributed by atoms with Gasteiger partial charge in [-0.15, -0.1) is 0 Å². The molecule has 1 N–H and O–H groups in total. The van der Waals surface area contributed by atoms with Gasteiger partial charge in [0.05, 0.1) is 21.3 Å². The first-order chi connectivity index (χ1) is 11.5. The van der Waals surface area contributed by atoms with Gasteiger partial charge >= 0.3 is 5.69 Å². The van der Waals surface area contributed by atoms with E-state index in [-0.39, 0.29) is 22.3 Å². The molecule has 0 amide bonds. The normalized spacial score (nSPS) is 10.5. The fraction of sp³-hybridized carbons (Fsp3) is 0.0625. The van der Waals surface area contributed by atoms with Crippen molar-refractivity contribution in [3.63, 3.8) is 0 Å². The second-order valence-corrected chi connectivity index (χ2v) is 5.19. The Hall–Kier alpha value is -3.55. The lowest BCUT2D eigenvalue weighted by Crippen LogP contribution is -2.01. The third-order valence-electron chi connectivity index (χ3n) is 3.56. The monoisotopic (exact) mass is 324 g/mol. The second kappa shape index (κ2) is 5.92. The summed E-state index contributed by atoms with van der Waals surface area (Å²) in [5, 5.41) is 25.8. The van der Waals surface area contributed by atoms with Crippen LogP contribution in [-0.4, -0.2) is 14.8 Å². The topological polar surface area (TPSA) is 111 Å². The zero-order chi connectivity index (χ0) is 17.3. The van der Waals surface area contributed by atoms with Crippen molar-refractivity contribution in [1.29, 1.82) is 0 Å². The third kappa shape index (κ3) is 2.72. The smallest absolute Gasteiger partial charge is 0.301 e. The van der Waals surface area contributed by atoms with E-state index in [1.165, 1.54) is 12.3 Å². The highest BCUT2D eigenvalue weighted by atomic mass is 16.6. The summed E-state index contributed by atoms with van der Waals surface area (Å²) in [5.41, 5.74) is 1.24. The summed E-state index contributed by atoms with van der Waals surface area (Å²) >= 11 is 0. The summed E-state index contributed by atoms with van der Waals surface area (Å²) in [6.07, 6.45) is 1.44. The molecule has 8 heteroatoms. The van der Waals surface area contributed by atoms with Gasteiger partial charge in [-0.25, -0.2) is 0 Å². The molecule has 3 aromatic rings. The maximum atomic E-state index is 11.4. The van der Waals surface area contributed by atoms with E-state index >= 15 is 0 Å². The lowest BCUT2D eigenvalue weighted by atomic mass is 10.1. The SMILES string of the molecule is Cc1ccc(Nc2c([N+](=O)[O-])cc([N+](=O)[O-])c3cccnc23)cc1. The number of anilines is 2. The van der Waals surface area contributed by atoms with Crippen LogP contribution in [0.2, 0.25) is 0 Å². The van der Waals surface area contributed by atoms with Crippen molar-refractivity contribution < 1.29 is 9.85 Å². The largest absolute Gasteiger partial charge is 0.348 e. The maximum Gasteiger partial charge on any atom is 0.301 e. The van der Waals surface area contributed by atoms with Gasteiger partial charge in [0, 0.05) is 11.9 Å². The zero-order valence-electron chi connectivity index (χ0n) is 12.6. The number of fused-ring (bicyclic) bond motifs is 1. The lowest BCUT2D eigenvalue weighted by Gasteiger charge is -2.10. The molecule has 0 aliphatic heterocycles. The van der Waals surface area contributed by atoms with Gasteiger partial charge in [0.1, 0.15) is 11.2 Å². The van der Waals surface area contributed by atoms with Gasteiger partial charge < -0.3 is 5.32 Å². The summed E-state index contributed by atoms with van der Waals surface area (Å²) in [7, 11) is 0. The Morgan fingerprint density at radius 3 is 2.29 bits per heavy atom. The van der Waals surface area contributed by atoms with Gasteiger partial charge in [-0.1, -0.05) is 17.7 Å². The highest BCUT2D eigenvalue weighted by Crippen LogP contribution is 2.39. The van der Waals surface area contributed by atoms with Crippen LogP contribution in [0.25, 0.3) is 10.9 Å². The van der Waals surface area contributed by atoms with Crippen LogP contribution < -0.4 is 5.32 Å². The number of pyridine rings is 1. The zero-order valence-corrected chi connectivity index (χ0v) is 12.6. The molecule has 8 nitrogen and oxygen atoms in total. The molecular weight excluding hydrogens is 312 g/mol. The van der Waals surface area contributed by atoms with E-state index in [1.807, 2.05) is 19.1 Å². The molecule has 0 aliphatic carbocycles. The number of nitrogens with zero attached hydrogens (tertiary/aromatic N) is 3.